The zero-order valence-corrected chi connectivity index (χ0v) is 19.9. The predicted octanol–water partition coefficient (Wildman–Crippen LogP) is 8.17. The summed E-state index contributed by atoms with van der Waals surface area (Å²) in [5.74, 6) is -0.717. The van der Waals surface area contributed by atoms with Crippen LogP contribution in [0.25, 0.3) is 24.6 Å². The van der Waals surface area contributed by atoms with Crippen LogP contribution in [-0.4, -0.2) is 11.1 Å². The fourth-order valence-corrected chi connectivity index (χ4v) is 1.09. The number of hydrogen-bond acceptors (Lipinski definition) is 1. The Morgan fingerprint density at radius 2 is 1.39 bits per heavy atom. The van der Waals surface area contributed by atoms with Gasteiger partial charge in [-0.25, -0.2) is 0 Å². The summed E-state index contributed by atoms with van der Waals surface area (Å²) in [7, 11) is 19.5. The minimum Gasteiger partial charge on any atom is -0.693 e. The summed E-state index contributed by atoms with van der Waals surface area (Å²) in [6.07, 6.45) is 1.83. The normalized spacial score (nSPS) is 6.96. The van der Waals surface area contributed by atoms with E-state index in [1.165, 1.54) is 5.56 Å². The molecule has 0 saturated carbocycles. The van der Waals surface area contributed by atoms with Crippen LogP contribution in [0.1, 0.15) is 18.4 Å². The molecule has 0 unspecified atom stereocenters. The maximum absolute atomic E-state index is 10.2. The molecular formula is C11H23Cl4N4O2Pt2-3. The number of carboxylic acids is 1. The van der Waals surface area contributed by atoms with E-state index in [0.29, 0.717) is 0 Å². The molecule has 0 radical (unpaired) electrons. The monoisotopic (exact) mass is 773 g/mol. The molecule has 9 N–H and O–H groups in total. The van der Waals surface area contributed by atoms with Crippen LogP contribution in [0, 0.1) is 7.43 Å². The Morgan fingerprint density at radius 1 is 1.04 bits per heavy atom. The molecule has 0 aliphatic rings. The molecule has 1 rings (SSSR count). The maximum Gasteiger partial charge on any atom is -0.693 e. The van der Waals surface area contributed by atoms with Gasteiger partial charge in [0.2, 0.25) is 0 Å². The molecule has 23 heavy (non-hydrogen) atoms. The molecule has 0 spiro atoms. The summed E-state index contributed by atoms with van der Waals surface area (Å²) in [4.78, 5) is 10.2. The van der Waals surface area contributed by atoms with Crippen molar-refractivity contribution in [3.63, 3.8) is 0 Å². The second kappa shape index (κ2) is 38.6. The van der Waals surface area contributed by atoms with Gasteiger partial charge in [0, 0.05) is 6.42 Å². The molecule has 6 nitrogen and oxygen atoms in total. The Labute approximate surface area is 172 Å². The molecule has 1 aromatic carbocycles. The van der Waals surface area contributed by atoms with Crippen LogP contribution in [-0.2, 0) is 44.2 Å². The van der Waals surface area contributed by atoms with Crippen molar-refractivity contribution >= 4 is 43.6 Å². The second-order valence-corrected chi connectivity index (χ2v) is 9.39. The Bertz CT molecular complexity index is 303. The zero-order valence-electron chi connectivity index (χ0n) is 12.3. The van der Waals surface area contributed by atoms with Crippen molar-refractivity contribution in [2.24, 2.45) is 0 Å². The van der Waals surface area contributed by atoms with Gasteiger partial charge in [-0.15, -0.1) is 0 Å². The summed E-state index contributed by atoms with van der Waals surface area (Å²) in [6.45, 7) is 0. The van der Waals surface area contributed by atoms with Gasteiger partial charge in [0.25, 0.3) is 0 Å². The van der Waals surface area contributed by atoms with Gasteiger partial charge >= 0.3 is 76.6 Å². The van der Waals surface area contributed by atoms with Crippen LogP contribution >= 0.6 is 37.7 Å². The number of nitrogens with two attached hydrogens (primary N) is 4. The number of rotatable bonds is 4. The van der Waals surface area contributed by atoms with Crippen LogP contribution in [0.3, 0.4) is 0 Å². The van der Waals surface area contributed by atoms with Gasteiger partial charge < -0.3 is 37.1 Å². The van der Waals surface area contributed by atoms with E-state index in [-0.39, 0.29) is 38.4 Å². The molecule has 12 heteroatoms. The van der Waals surface area contributed by atoms with E-state index in [1.807, 2.05) is 30.3 Å². The van der Waals surface area contributed by atoms with E-state index in [4.69, 9.17) is 42.8 Å². The minimum atomic E-state index is -0.717. The third-order valence-corrected chi connectivity index (χ3v) is 1.70. The van der Waals surface area contributed by atoms with Crippen molar-refractivity contribution in [3.8, 4) is 0 Å². The topological polar surface area (TPSA) is 171 Å². The van der Waals surface area contributed by atoms with Crippen LogP contribution in [0.15, 0.2) is 30.3 Å². The molecule has 0 aliphatic heterocycles. The van der Waals surface area contributed by atoms with E-state index in [2.05, 4.69) is 0 Å². The van der Waals surface area contributed by atoms with Crippen molar-refractivity contribution in [3.05, 3.63) is 67.9 Å². The molecule has 0 atom stereocenters. The Balaban J connectivity index is -0.0000000413. The SMILES string of the molecule is O=C(O)CCCc1ccccc1.[CH3-].[Cl][Pt+2][Cl].[Cl][Pt][Cl].[NH2-].[NH2-].[NH2-].[NH2-]. The van der Waals surface area contributed by atoms with Crippen LogP contribution in [0.5, 0.6) is 0 Å². The molecule has 0 amide bonds. The van der Waals surface area contributed by atoms with Gasteiger partial charge in [0.15, 0.2) is 0 Å². The van der Waals surface area contributed by atoms with Crippen LogP contribution in [0.4, 0.5) is 0 Å². The summed E-state index contributed by atoms with van der Waals surface area (Å²) in [5, 5.41) is 8.39. The second-order valence-electron chi connectivity index (χ2n) is 2.82. The zero-order chi connectivity index (χ0) is 14.2. The quantitative estimate of drug-likeness (QED) is 0.305. The molecular weight excluding hydrogens is 752 g/mol. The fraction of sp³-hybridized carbons (Fsp3) is 0.273. The van der Waals surface area contributed by atoms with Crippen LogP contribution < -0.4 is 0 Å². The third kappa shape index (κ3) is 45.1. The average Bonchev–Trinajstić information content (AvgIpc) is 2.32. The molecule has 0 fully saturated rings. The molecule has 0 heterocycles. The summed E-state index contributed by atoms with van der Waals surface area (Å²) in [6, 6.07) is 9.93. The number of hydrogen-bond donors (Lipinski definition) is 1. The van der Waals surface area contributed by atoms with E-state index >= 15 is 0 Å². The first kappa shape index (κ1) is 44.0. The third-order valence-electron chi connectivity index (χ3n) is 1.70. The standard InChI is InChI=1S/C10H12O2.CH3.4ClH.4H2N.2Pt/c11-10(12)8-4-7-9-5-2-1-3-6-9;;;;;;;;;;;/h1-3,5-6H,4,7-8H2,(H,11,12);1H3;4*1H;4*1H2;;/q;-1;;;;;4*-1;+2;+4/p-4. The number of aryl methyl sites for hydroxylation is 1. The van der Waals surface area contributed by atoms with Crippen molar-refractivity contribution in [1.82, 2.24) is 0 Å². The Kier molecular flexibility index (Phi) is 73.7. The molecule has 150 valence electrons. The van der Waals surface area contributed by atoms with Gasteiger partial charge in [0.1, 0.15) is 0 Å². The molecule has 0 aliphatic carbocycles. The van der Waals surface area contributed by atoms with E-state index < -0.39 is 38.9 Å². The van der Waals surface area contributed by atoms with Crippen molar-refractivity contribution in [2.75, 3.05) is 0 Å². The van der Waals surface area contributed by atoms with Crippen molar-refractivity contribution in [2.45, 2.75) is 19.3 Å². The first-order valence-electron chi connectivity index (χ1n) is 4.52. The van der Waals surface area contributed by atoms with E-state index in [1.54, 1.807) is 0 Å². The van der Waals surface area contributed by atoms with Gasteiger partial charge in [0.05, 0.1) is 0 Å². The summed E-state index contributed by atoms with van der Waals surface area (Å²) >= 11 is -0.944. The molecule has 1 aromatic rings. The van der Waals surface area contributed by atoms with Gasteiger partial charge in [-0.3, -0.25) is 4.79 Å². The summed E-state index contributed by atoms with van der Waals surface area (Å²) in [5.41, 5.74) is 1.21. The average molecular weight is 775 g/mol. The predicted molar refractivity (Wildman–Crippen MR) is 98.0 cm³/mol. The Hall–Kier alpha value is 1.07. The largest absolute Gasteiger partial charge is 0.693 e. The summed E-state index contributed by atoms with van der Waals surface area (Å²) < 4.78 is 0. The van der Waals surface area contributed by atoms with Gasteiger partial charge in [-0.1, -0.05) is 30.3 Å². The first-order valence-corrected chi connectivity index (χ1v) is 15.8. The Morgan fingerprint density at radius 3 is 1.70 bits per heavy atom. The number of halogens is 4. The smallest absolute Gasteiger partial charge is 0.693 e. The number of carbonyl (C=O) groups is 1. The van der Waals surface area contributed by atoms with Crippen LogP contribution in [0.2, 0.25) is 0 Å². The van der Waals surface area contributed by atoms with E-state index in [0.717, 1.165) is 12.8 Å². The van der Waals surface area contributed by atoms with E-state index in [9.17, 15) is 4.79 Å². The number of carboxylic acid groups (broad SMARTS) is 1. The van der Waals surface area contributed by atoms with Gasteiger partial charge in [-0.2, -0.15) is 0 Å². The van der Waals surface area contributed by atoms with Crippen molar-refractivity contribution in [1.29, 1.82) is 0 Å². The molecule has 0 saturated heterocycles. The first-order chi connectivity index (χ1) is 8.62. The van der Waals surface area contributed by atoms with Gasteiger partial charge in [-0.05, 0) is 18.4 Å². The molecule has 0 bridgehead atoms. The number of aliphatic carboxylic acids is 1. The minimum absolute atomic E-state index is 0. The van der Waals surface area contributed by atoms with Crippen molar-refractivity contribution < 1.29 is 42.9 Å². The fourth-order valence-electron chi connectivity index (χ4n) is 1.09. The maximum atomic E-state index is 10.2. The molecule has 0 aromatic heterocycles. The number of benzene rings is 1.